The molecule has 0 atom stereocenters. The molecule has 0 saturated carbocycles. The molecule has 0 aliphatic heterocycles. The maximum absolute atomic E-state index is 12.1. The summed E-state index contributed by atoms with van der Waals surface area (Å²) in [6.07, 6.45) is 0.332. The van der Waals surface area contributed by atoms with Crippen LogP contribution in [-0.2, 0) is 17.8 Å². The van der Waals surface area contributed by atoms with Crippen molar-refractivity contribution in [3.05, 3.63) is 47.3 Å². The number of nitrogen functional groups attached to an aromatic ring is 1. The van der Waals surface area contributed by atoms with Gasteiger partial charge < -0.3 is 15.2 Å². The van der Waals surface area contributed by atoms with Crippen molar-refractivity contribution in [2.24, 2.45) is 0 Å². The van der Waals surface area contributed by atoms with Gasteiger partial charge in [0.15, 0.2) is 0 Å². The van der Waals surface area contributed by atoms with Gasteiger partial charge >= 0.3 is 0 Å². The first kappa shape index (κ1) is 13.1. The number of nitrogens with zero attached hydrogens (tertiary/aromatic N) is 2. The van der Waals surface area contributed by atoms with Crippen molar-refractivity contribution in [1.82, 2.24) is 10.1 Å². The Kier molecular flexibility index (Phi) is 3.85. The van der Waals surface area contributed by atoms with Crippen molar-refractivity contribution >= 4 is 11.6 Å². The number of anilines is 1. The normalized spacial score (nSPS) is 10.4. The van der Waals surface area contributed by atoms with E-state index in [2.05, 4.69) is 5.16 Å². The minimum atomic E-state index is 0.0197. The van der Waals surface area contributed by atoms with Gasteiger partial charge in [-0.05, 0) is 24.6 Å². The second-order valence-corrected chi connectivity index (χ2v) is 4.60. The fourth-order valence-corrected chi connectivity index (χ4v) is 1.84. The first-order chi connectivity index (χ1) is 9.04. The summed E-state index contributed by atoms with van der Waals surface area (Å²) in [5, 5.41) is 3.87. The molecule has 2 N–H and O–H groups in total. The summed E-state index contributed by atoms with van der Waals surface area (Å²) in [6.45, 7) is 2.27. The van der Waals surface area contributed by atoms with E-state index in [4.69, 9.17) is 10.3 Å². The summed E-state index contributed by atoms with van der Waals surface area (Å²) in [7, 11) is 1.75. The maximum atomic E-state index is 12.1. The van der Waals surface area contributed by atoms with Crippen LogP contribution >= 0.6 is 0 Å². The molecule has 19 heavy (non-hydrogen) atoms. The second-order valence-electron chi connectivity index (χ2n) is 4.60. The van der Waals surface area contributed by atoms with Crippen LogP contribution in [0.25, 0.3) is 0 Å². The summed E-state index contributed by atoms with van der Waals surface area (Å²) < 4.78 is 4.97. The van der Waals surface area contributed by atoms with Gasteiger partial charge in [-0.25, -0.2) is 0 Å². The third kappa shape index (κ3) is 3.58. The van der Waals surface area contributed by atoms with Gasteiger partial charge in [0.1, 0.15) is 11.5 Å². The van der Waals surface area contributed by atoms with E-state index in [0.29, 0.717) is 18.7 Å². The molecule has 0 fully saturated rings. The minimum absolute atomic E-state index is 0.0197. The first-order valence-corrected chi connectivity index (χ1v) is 6.05. The average Bonchev–Trinajstić information content (AvgIpc) is 2.74. The van der Waals surface area contributed by atoms with E-state index in [1.807, 2.05) is 31.2 Å². The fourth-order valence-electron chi connectivity index (χ4n) is 1.84. The molecule has 1 aromatic heterocycles. The molecular formula is C14H17N3O2. The van der Waals surface area contributed by atoms with Crippen LogP contribution in [0.15, 0.2) is 34.9 Å². The van der Waals surface area contributed by atoms with E-state index >= 15 is 0 Å². The van der Waals surface area contributed by atoms with Crippen molar-refractivity contribution in [1.29, 1.82) is 0 Å². The van der Waals surface area contributed by atoms with Crippen LogP contribution in [0.3, 0.4) is 0 Å². The molecule has 0 saturated heterocycles. The Morgan fingerprint density at radius 1 is 1.42 bits per heavy atom. The zero-order valence-electron chi connectivity index (χ0n) is 11.1. The van der Waals surface area contributed by atoms with Crippen LogP contribution in [0.1, 0.15) is 17.0 Å². The number of hydrogen-bond donors (Lipinski definition) is 1. The van der Waals surface area contributed by atoms with Crippen LogP contribution in [-0.4, -0.2) is 23.0 Å². The molecule has 0 radical (unpaired) electrons. The summed E-state index contributed by atoms with van der Waals surface area (Å²) in [5.41, 5.74) is 8.02. The lowest BCUT2D eigenvalue weighted by Crippen LogP contribution is -2.27. The number of carbonyl (C=O) groups excluding carboxylic acids is 1. The predicted molar refractivity (Wildman–Crippen MR) is 72.3 cm³/mol. The Bertz CT molecular complexity index is 578. The van der Waals surface area contributed by atoms with Gasteiger partial charge in [-0.3, -0.25) is 4.79 Å². The van der Waals surface area contributed by atoms with Gasteiger partial charge in [-0.1, -0.05) is 17.3 Å². The molecule has 5 heteroatoms. The molecule has 2 aromatic rings. The second kappa shape index (κ2) is 5.56. The van der Waals surface area contributed by atoms with Gasteiger partial charge in [0.25, 0.3) is 0 Å². The maximum Gasteiger partial charge on any atom is 0.227 e. The highest BCUT2D eigenvalue weighted by Crippen LogP contribution is 2.10. The lowest BCUT2D eigenvalue weighted by Gasteiger charge is -2.15. The summed E-state index contributed by atoms with van der Waals surface area (Å²) in [5.74, 6) is 0.762. The molecule has 100 valence electrons. The van der Waals surface area contributed by atoms with E-state index in [9.17, 15) is 4.79 Å². The Morgan fingerprint density at radius 2 is 2.21 bits per heavy atom. The Labute approximate surface area is 112 Å². The van der Waals surface area contributed by atoms with Gasteiger partial charge in [0.2, 0.25) is 5.91 Å². The molecule has 1 aromatic carbocycles. The molecule has 1 heterocycles. The zero-order valence-corrected chi connectivity index (χ0v) is 11.1. The average molecular weight is 259 g/mol. The Morgan fingerprint density at radius 3 is 2.84 bits per heavy atom. The molecule has 0 aliphatic rings. The minimum Gasteiger partial charge on any atom is -0.399 e. The van der Waals surface area contributed by atoms with Crippen LogP contribution < -0.4 is 5.73 Å². The monoisotopic (exact) mass is 259 g/mol. The molecule has 2 rings (SSSR count). The molecular weight excluding hydrogens is 242 g/mol. The van der Waals surface area contributed by atoms with Gasteiger partial charge in [-0.15, -0.1) is 0 Å². The van der Waals surface area contributed by atoms with Crippen molar-refractivity contribution in [3.63, 3.8) is 0 Å². The van der Waals surface area contributed by atoms with Crippen molar-refractivity contribution in [2.75, 3.05) is 12.8 Å². The molecule has 0 spiro atoms. The standard InChI is InChI=1S/C14H17N3O2/c1-10-6-13(16-19-10)9-17(2)14(18)8-11-4-3-5-12(15)7-11/h3-7H,8-9,15H2,1-2H3. The molecule has 5 nitrogen and oxygen atoms in total. The van der Waals surface area contributed by atoms with E-state index in [1.165, 1.54) is 0 Å². The molecule has 0 unspecified atom stereocenters. The highest BCUT2D eigenvalue weighted by atomic mass is 16.5. The van der Waals surface area contributed by atoms with E-state index in [-0.39, 0.29) is 5.91 Å². The van der Waals surface area contributed by atoms with E-state index in [0.717, 1.165) is 17.0 Å². The number of aromatic nitrogens is 1. The van der Waals surface area contributed by atoms with Crippen LogP contribution in [0.2, 0.25) is 0 Å². The van der Waals surface area contributed by atoms with Gasteiger partial charge in [0.05, 0.1) is 13.0 Å². The van der Waals surface area contributed by atoms with Crippen molar-refractivity contribution in [2.45, 2.75) is 19.9 Å². The third-order valence-corrected chi connectivity index (χ3v) is 2.81. The Balaban J connectivity index is 1.96. The first-order valence-electron chi connectivity index (χ1n) is 6.05. The number of benzene rings is 1. The van der Waals surface area contributed by atoms with Crippen LogP contribution in [0.5, 0.6) is 0 Å². The lowest BCUT2D eigenvalue weighted by molar-refractivity contribution is -0.129. The lowest BCUT2D eigenvalue weighted by atomic mass is 10.1. The Hall–Kier alpha value is -2.30. The number of amides is 1. The van der Waals surface area contributed by atoms with Crippen LogP contribution in [0, 0.1) is 6.92 Å². The van der Waals surface area contributed by atoms with Crippen LogP contribution in [0.4, 0.5) is 5.69 Å². The smallest absolute Gasteiger partial charge is 0.227 e. The summed E-state index contributed by atoms with van der Waals surface area (Å²) in [4.78, 5) is 13.7. The molecule has 0 bridgehead atoms. The number of nitrogens with two attached hydrogens (primary N) is 1. The van der Waals surface area contributed by atoms with Gasteiger partial charge in [-0.2, -0.15) is 0 Å². The predicted octanol–water partition coefficient (Wildman–Crippen LogP) is 1.77. The third-order valence-electron chi connectivity index (χ3n) is 2.81. The number of hydrogen-bond acceptors (Lipinski definition) is 4. The number of carbonyl (C=O) groups is 1. The number of rotatable bonds is 4. The number of aryl methyl sites for hydroxylation is 1. The molecule has 1 amide bonds. The highest BCUT2D eigenvalue weighted by molar-refractivity contribution is 5.78. The van der Waals surface area contributed by atoms with Crippen molar-refractivity contribution < 1.29 is 9.32 Å². The highest BCUT2D eigenvalue weighted by Gasteiger charge is 2.12. The van der Waals surface area contributed by atoms with Crippen molar-refractivity contribution in [3.8, 4) is 0 Å². The zero-order chi connectivity index (χ0) is 13.8. The SMILES string of the molecule is Cc1cc(CN(C)C(=O)Cc2cccc(N)c2)no1. The number of likely N-dealkylation sites (N-methyl/N-ethyl adjacent to an activating group) is 1. The van der Waals surface area contributed by atoms with Gasteiger partial charge in [0, 0.05) is 18.8 Å². The molecule has 0 aliphatic carbocycles. The largest absolute Gasteiger partial charge is 0.399 e. The topological polar surface area (TPSA) is 72.4 Å². The quantitative estimate of drug-likeness (QED) is 0.849. The van der Waals surface area contributed by atoms with E-state index in [1.54, 1.807) is 18.0 Å². The summed E-state index contributed by atoms with van der Waals surface area (Å²) >= 11 is 0. The summed E-state index contributed by atoms with van der Waals surface area (Å²) in [6, 6.07) is 9.17. The van der Waals surface area contributed by atoms with E-state index < -0.39 is 0 Å². The fraction of sp³-hybridized carbons (Fsp3) is 0.286.